The number of hydrogen-bond donors (Lipinski definition) is 2. The topological polar surface area (TPSA) is 75.1 Å². The summed E-state index contributed by atoms with van der Waals surface area (Å²) in [4.78, 5) is 24.7. The molecule has 2 aliphatic carbocycles. The zero-order valence-electron chi connectivity index (χ0n) is 8.90. The maximum atomic E-state index is 11.6. The summed E-state index contributed by atoms with van der Waals surface area (Å²) in [5.41, 5.74) is -0.827. The van der Waals surface area contributed by atoms with Crippen LogP contribution < -0.4 is 11.2 Å². The Labute approximate surface area is 91.7 Å². The molecule has 0 spiro atoms. The molecule has 0 unspecified atom stereocenters. The molecule has 0 aliphatic heterocycles. The SMILES string of the molecule is O=c1cc(O)n(CC2(C3CC3)CC2)c(=O)[nH]1. The Morgan fingerprint density at radius 3 is 2.62 bits per heavy atom. The second-order valence-electron chi connectivity index (χ2n) is 5.02. The van der Waals surface area contributed by atoms with Gasteiger partial charge in [-0.2, -0.15) is 0 Å². The minimum Gasteiger partial charge on any atom is -0.494 e. The fourth-order valence-electron chi connectivity index (χ4n) is 2.53. The van der Waals surface area contributed by atoms with Gasteiger partial charge in [-0.25, -0.2) is 4.79 Å². The number of nitrogens with zero attached hydrogens (tertiary/aromatic N) is 1. The normalized spacial score (nSPS) is 22.0. The van der Waals surface area contributed by atoms with Gasteiger partial charge in [-0.1, -0.05) is 0 Å². The Hall–Kier alpha value is -1.52. The van der Waals surface area contributed by atoms with Crippen LogP contribution >= 0.6 is 0 Å². The maximum absolute atomic E-state index is 11.6. The average Bonchev–Trinajstić information content (AvgIpc) is 3.03. The van der Waals surface area contributed by atoms with E-state index in [1.807, 2.05) is 0 Å². The lowest BCUT2D eigenvalue weighted by Crippen LogP contribution is -2.32. The summed E-state index contributed by atoms with van der Waals surface area (Å²) in [5, 5.41) is 9.61. The molecule has 3 rings (SSSR count). The number of aromatic amines is 1. The number of aromatic nitrogens is 2. The highest BCUT2D eigenvalue weighted by molar-refractivity contribution is 5.10. The summed E-state index contributed by atoms with van der Waals surface area (Å²) in [6, 6.07) is 1.06. The van der Waals surface area contributed by atoms with E-state index in [-0.39, 0.29) is 11.3 Å². The van der Waals surface area contributed by atoms with E-state index < -0.39 is 11.2 Å². The molecule has 5 heteroatoms. The minimum atomic E-state index is -0.546. The molecule has 0 radical (unpaired) electrons. The van der Waals surface area contributed by atoms with Crippen molar-refractivity contribution in [3.05, 3.63) is 26.9 Å². The molecular weight excluding hydrogens is 208 g/mol. The van der Waals surface area contributed by atoms with E-state index in [1.165, 1.54) is 17.4 Å². The molecule has 0 bridgehead atoms. The molecule has 0 aromatic carbocycles. The molecule has 1 heterocycles. The van der Waals surface area contributed by atoms with E-state index in [1.54, 1.807) is 0 Å². The third-order valence-corrected chi connectivity index (χ3v) is 3.82. The van der Waals surface area contributed by atoms with Gasteiger partial charge in [-0.05, 0) is 37.0 Å². The number of hydrogen-bond acceptors (Lipinski definition) is 3. The van der Waals surface area contributed by atoms with Crippen LogP contribution in [0.25, 0.3) is 0 Å². The van der Waals surface area contributed by atoms with Crippen LogP contribution in [0.4, 0.5) is 0 Å². The van der Waals surface area contributed by atoms with E-state index in [4.69, 9.17) is 0 Å². The first-order valence-electron chi connectivity index (χ1n) is 5.64. The standard InChI is InChI=1S/C11H14N2O3/c14-8-5-9(15)13(10(16)12-8)6-11(3-4-11)7-1-2-7/h5,7,15H,1-4,6H2,(H,12,14,16). The van der Waals surface area contributed by atoms with Gasteiger partial charge in [-0.3, -0.25) is 14.3 Å². The minimum absolute atomic E-state index is 0.222. The molecule has 0 saturated heterocycles. The highest BCUT2D eigenvalue weighted by atomic mass is 16.3. The highest BCUT2D eigenvalue weighted by Crippen LogP contribution is 2.62. The largest absolute Gasteiger partial charge is 0.494 e. The van der Waals surface area contributed by atoms with Gasteiger partial charge in [0.2, 0.25) is 5.88 Å². The van der Waals surface area contributed by atoms with Crippen molar-refractivity contribution in [3.8, 4) is 5.88 Å². The molecule has 2 fully saturated rings. The summed E-state index contributed by atoms with van der Waals surface area (Å²) in [6.45, 7) is 0.541. The van der Waals surface area contributed by atoms with Gasteiger partial charge in [0, 0.05) is 6.54 Å². The Morgan fingerprint density at radius 1 is 1.44 bits per heavy atom. The molecule has 16 heavy (non-hydrogen) atoms. The molecule has 2 aliphatic rings. The first kappa shape index (κ1) is 9.69. The summed E-state index contributed by atoms with van der Waals surface area (Å²) in [7, 11) is 0. The number of rotatable bonds is 3. The fourth-order valence-corrected chi connectivity index (χ4v) is 2.53. The van der Waals surface area contributed by atoms with E-state index in [2.05, 4.69) is 4.98 Å². The molecule has 1 aromatic heterocycles. The van der Waals surface area contributed by atoms with E-state index >= 15 is 0 Å². The molecule has 2 N–H and O–H groups in total. The van der Waals surface area contributed by atoms with Gasteiger partial charge < -0.3 is 5.11 Å². The smallest absolute Gasteiger partial charge is 0.331 e. The Morgan fingerprint density at radius 2 is 2.12 bits per heavy atom. The van der Waals surface area contributed by atoms with Crippen LogP contribution in [0.15, 0.2) is 15.7 Å². The van der Waals surface area contributed by atoms with Gasteiger partial charge in [0.05, 0.1) is 6.07 Å². The predicted molar refractivity (Wildman–Crippen MR) is 57.4 cm³/mol. The van der Waals surface area contributed by atoms with Gasteiger partial charge in [0.25, 0.3) is 5.56 Å². The van der Waals surface area contributed by atoms with E-state index in [0.29, 0.717) is 12.5 Å². The second-order valence-corrected chi connectivity index (χ2v) is 5.02. The Balaban J connectivity index is 1.95. The third kappa shape index (κ3) is 1.47. The van der Waals surface area contributed by atoms with E-state index in [0.717, 1.165) is 18.9 Å². The van der Waals surface area contributed by atoms with Crippen LogP contribution in [0.5, 0.6) is 5.88 Å². The molecule has 2 saturated carbocycles. The quantitative estimate of drug-likeness (QED) is 0.778. The Bertz CT molecular complexity index is 535. The van der Waals surface area contributed by atoms with Crippen molar-refractivity contribution in [3.63, 3.8) is 0 Å². The lowest BCUT2D eigenvalue weighted by atomic mass is 10.0. The lowest BCUT2D eigenvalue weighted by Gasteiger charge is -2.16. The predicted octanol–water partition coefficient (Wildman–Crippen LogP) is 0.432. The zero-order valence-corrected chi connectivity index (χ0v) is 8.90. The summed E-state index contributed by atoms with van der Waals surface area (Å²) < 4.78 is 1.28. The van der Waals surface area contributed by atoms with Crippen molar-refractivity contribution < 1.29 is 5.11 Å². The highest BCUT2D eigenvalue weighted by Gasteiger charge is 2.54. The first-order valence-corrected chi connectivity index (χ1v) is 5.64. The van der Waals surface area contributed by atoms with Gasteiger partial charge in [0.1, 0.15) is 0 Å². The monoisotopic (exact) mass is 222 g/mol. The van der Waals surface area contributed by atoms with Crippen LogP contribution in [0, 0.1) is 11.3 Å². The van der Waals surface area contributed by atoms with Crippen LogP contribution in [-0.4, -0.2) is 14.7 Å². The van der Waals surface area contributed by atoms with Crippen LogP contribution in [0.3, 0.4) is 0 Å². The zero-order chi connectivity index (χ0) is 11.3. The molecule has 0 amide bonds. The van der Waals surface area contributed by atoms with Crippen LogP contribution in [0.2, 0.25) is 0 Å². The van der Waals surface area contributed by atoms with Crippen molar-refractivity contribution in [2.75, 3.05) is 0 Å². The number of aromatic hydroxyl groups is 1. The van der Waals surface area contributed by atoms with Crippen LogP contribution in [-0.2, 0) is 6.54 Å². The number of H-pyrrole nitrogens is 1. The molecule has 1 aromatic rings. The molecule has 0 atom stereocenters. The number of nitrogens with one attached hydrogen (secondary N) is 1. The second kappa shape index (κ2) is 2.99. The van der Waals surface area contributed by atoms with Crippen molar-refractivity contribution in [2.45, 2.75) is 32.2 Å². The van der Waals surface area contributed by atoms with Gasteiger partial charge in [0.15, 0.2) is 0 Å². The van der Waals surface area contributed by atoms with Crippen molar-refractivity contribution >= 4 is 0 Å². The first-order chi connectivity index (χ1) is 7.61. The lowest BCUT2D eigenvalue weighted by molar-refractivity contribution is 0.319. The summed E-state index contributed by atoms with van der Waals surface area (Å²) >= 11 is 0. The maximum Gasteiger partial charge on any atom is 0.331 e. The average molecular weight is 222 g/mol. The summed E-state index contributed by atoms with van der Waals surface area (Å²) in [5.74, 6) is 0.492. The fraction of sp³-hybridized carbons (Fsp3) is 0.636. The molecular formula is C11H14N2O3. The van der Waals surface area contributed by atoms with Gasteiger partial charge >= 0.3 is 5.69 Å². The van der Waals surface area contributed by atoms with Gasteiger partial charge in [-0.15, -0.1) is 0 Å². The van der Waals surface area contributed by atoms with Crippen LogP contribution in [0.1, 0.15) is 25.7 Å². The van der Waals surface area contributed by atoms with Crippen molar-refractivity contribution in [1.29, 1.82) is 0 Å². The molecule has 86 valence electrons. The van der Waals surface area contributed by atoms with Crippen molar-refractivity contribution in [2.24, 2.45) is 11.3 Å². The van der Waals surface area contributed by atoms with E-state index in [9.17, 15) is 14.7 Å². The Kier molecular flexibility index (Phi) is 1.81. The van der Waals surface area contributed by atoms with Crippen molar-refractivity contribution in [1.82, 2.24) is 9.55 Å². The summed E-state index contributed by atoms with van der Waals surface area (Å²) in [6.07, 6.45) is 4.73. The molecule has 5 nitrogen and oxygen atoms in total. The third-order valence-electron chi connectivity index (χ3n) is 3.82.